The van der Waals surface area contributed by atoms with Gasteiger partial charge >= 0.3 is 0 Å². The van der Waals surface area contributed by atoms with Crippen LogP contribution in [0.25, 0.3) is 0 Å². The minimum atomic E-state index is -0.183. The smallest absolute Gasteiger partial charge is 0.258 e. The molecule has 1 amide bonds. The Morgan fingerprint density at radius 1 is 1.26 bits per heavy atom. The van der Waals surface area contributed by atoms with Gasteiger partial charge in [0.05, 0.1) is 11.1 Å². The van der Waals surface area contributed by atoms with E-state index < -0.39 is 0 Å². The number of carbonyl (C=O) groups excluding carboxylic acids is 1. The topological polar surface area (TPSA) is 38.3 Å². The first-order valence-corrected chi connectivity index (χ1v) is 8.48. The van der Waals surface area contributed by atoms with Crippen LogP contribution in [0, 0.1) is 13.8 Å². The van der Waals surface area contributed by atoms with Gasteiger partial charge in [-0.3, -0.25) is 4.79 Å². The molecule has 2 aromatic rings. The van der Waals surface area contributed by atoms with E-state index in [0.717, 1.165) is 15.6 Å². The van der Waals surface area contributed by atoms with E-state index in [2.05, 4.69) is 39.4 Å². The maximum absolute atomic E-state index is 12.1. The number of hydrogen-bond donors (Lipinski definition) is 1. The highest BCUT2D eigenvalue weighted by atomic mass is 79.9. The van der Waals surface area contributed by atoms with Crippen molar-refractivity contribution in [3.63, 3.8) is 0 Å². The number of hydrogen-bond acceptors (Lipinski definition) is 2. The third kappa shape index (κ3) is 4.98. The van der Waals surface area contributed by atoms with Crippen molar-refractivity contribution in [1.82, 2.24) is 5.32 Å². The molecule has 0 fully saturated rings. The molecule has 2 rings (SSSR count). The lowest BCUT2D eigenvalue weighted by molar-refractivity contribution is -0.123. The summed E-state index contributed by atoms with van der Waals surface area (Å²) >= 11 is 9.39. The van der Waals surface area contributed by atoms with Crippen molar-refractivity contribution in [2.24, 2.45) is 0 Å². The van der Waals surface area contributed by atoms with Gasteiger partial charge in [-0.1, -0.05) is 51.3 Å². The average Bonchev–Trinajstić information content (AvgIpc) is 2.48. The second-order valence-electron chi connectivity index (χ2n) is 5.51. The molecule has 23 heavy (non-hydrogen) atoms. The van der Waals surface area contributed by atoms with Gasteiger partial charge in [0.2, 0.25) is 0 Å². The maximum atomic E-state index is 12.1. The standard InChI is InChI=1S/C18H19BrClNO2/c1-11-4-5-12(2)15(8-11)13(3)21-18(22)10-23-17-7-6-14(19)9-16(17)20/h4-9,13H,10H2,1-3H3,(H,21,22)/t13-/m1/s1. The minimum absolute atomic E-state index is 0.0729. The highest BCUT2D eigenvalue weighted by Crippen LogP contribution is 2.27. The van der Waals surface area contributed by atoms with E-state index in [-0.39, 0.29) is 18.6 Å². The Morgan fingerprint density at radius 2 is 2.00 bits per heavy atom. The van der Waals surface area contributed by atoms with E-state index >= 15 is 0 Å². The monoisotopic (exact) mass is 395 g/mol. The summed E-state index contributed by atoms with van der Waals surface area (Å²) < 4.78 is 6.34. The first-order valence-electron chi connectivity index (χ1n) is 7.31. The van der Waals surface area contributed by atoms with Crippen LogP contribution in [0.5, 0.6) is 5.75 Å². The van der Waals surface area contributed by atoms with Crippen LogP contribution in [0.1, 0.15) is 29.7 Å². The van der Waals surface area contributed by atoms with Crippen LogP contribution in [0.2, 0.25) is 5.02 Å². The molecule has 0 unspecified atom stereocenters. The summed E-state index contributed by atoms with van der Waals surface area (Å²) in [7, 11) is 0. The molecule has 0 bridgehead atoms. The molecule has 122 valence electrons. The summed E-state index contributed by atoms with van der Waals surface area (Å²) in [5.41, 5.74) is 3.44. The summed E-state index contributed by atoms with van der Waals surface area (Å²) in [4.78, 5) is 12.1. The van der Waals surface area contributed by atoms with Gasteiger partial charge in [0.25, 0.3) is 5.91 Å². The quantitative estimate of drug-likeness (QED) is 0.774. The number of nitrogens with one attached hydrogen (secondary N) is 1. The molecule has 0 aliphatic rings. The third-order valence-corrected chi connectivity index (χ3v) is 4.32. The fraction of sp³-hybridized carbons (Fsp3) is 0.278. The molecule has 0 radical (unpaired) electrons. The molecule has 1 N–H and O–H groups in total. The Bertz CT molecular complexity index is 718. The average molecular weight is 397 g/mol. The van der Waals surface area contributed by atoms with Crippen LogP contribution in [0.3, 0.4) is 0 Å². The first kappa shape index (κ1) is 17.8. The normalized spacial score (nSPS) is 11.9. The molecule has 0 aliphatic heterocycles. The Morgan fingerprint density at radius 3 is 2.70 bits per heavy atom. The van der Waals surface area contributed by atoms with E-state index in [0.29, 0.717) is 10.8 Å². The highest BCUT2D eigenvalue weighted by molar-refractivity contribution is 9.10. The van der Waals surface area contributed by atoms with Gasteiger partial charge in [-0.15, -0.1) is 0 Å². The lowest BCUT2D eigenvalue weighted by Gasteiger charge is -2.17. The van der Waals surface area contributed by atoms with E-state index in [4.69, 9.17) is 16.3 Å². The van der Waals surface area contributed by atoms with Crippen molar-refractivity contribution in [1.29, 1.82) is 0 Å². The number of amides is 1. The summed E-state index contributed by atoms with van der Waals surface area (Å²) in [6, 6.07) is 11.4. The van der Waals surface area contributed by atoms with Crippen molar-refractivity contribution in [2.75, 3.05) is 6.61 Å². The molecule has 0 heterocycles. The zero-order valence-corrected chi connectivity index (χ0v) is 15.7. The Hall–Kier alpha value is -1.52. The van der Waals surface area contributed by atoms with Crippen LogP contribution >= 0.6 is 27.5 Å². The van der Waals surface area contributed by atoms with E-state index in [1.165, 1.54) is 5.56 Å². The first-order chi connectivity index (χ1) is 10.9. The molecule has 1 atom stereocenters. The van der Waals surface area contributed by atoms with Gasteiger partial charge in [0.15, 0.2) is 6.61 Å². The SMILES string of the molecule is Cc1ccc(C)c([C@@H](C)NC(=O)COc2ccc(Br)cc2Cl)c1. The van der Waals surface area contributed by atoms with Crippen LogP contribution in [0.15, 0.2) is 40.9 Å². The maximum Gasteiger partial charge on any atom is 0.258 e. The predicted molar refractivity (Wildman–Crippen MR) is 97.1 cm³/mol. The van der Waals surface area contributed by atoms with Gasteiger partial charge in [0.1, 0.15) is 5.75 Å². The van der Waals surface area contributed by atoms with Crippen LogP contribution in [0.4, 0.5) is 0 Å². The van der Waals surface area contributed by atoms with E-state index in [1.807, 2.05) is 26.8 Å². The van der Waals surface area contributed by atoms with Gasteiger partial charge in [-0.05, 0) is 50.1 Å². The third-order valence-electron chi connectivity index (χ3n) is 3.53. The second-order valence-corrected chi connectivity index (χ2v) is 6.84. The lowest BCUT2D eigenvalue weighted by Crippen LogP contribution is -2.31. The largest absolute Gasteiger partial charge is 0.482 e. The van der Waals surface area contributed by atoms with Crippen LogP contribution in [-0.2, 0) is 4.79 Å². The van der Waals surface area contributed by atoms with Gasteiger partial charge in [-0.2, -0.15) is 0 Å². The zero-order valence-electron chi connectivity index (χ0n) is 13.3. The predicted octanol–water partition coefficient (Wildman–Crippen LogP) is 4.98. The number of halogens is 2. The fourth-order valence-corrected chi connectivity index (χ4v) is 3.05. The molecule has 2 aromatic carbocycles. The van der Waals surface area contributed by atoms with E-state index in [1.54, 1.807) is 12.1 Å². The van der Waals surface area contributed by atoms with Crippen molar-refractivity contribution >= 4 is 33.4 Å². The number of benzene rings is 2. The minimum Gasteiger partial charge on any atom is -0.482 e. The highest BCUT2D eigenvalue weighted by Gasteiger charge is 2.13. The van der Waals surface area contributed by atoms with Gasteiger partial charge in [0, 0.05) is 4.47 Å². The molecular formula is C18H19BrClNO2. The van der Waals surface area contributed by atoms with E-state index in [9.17, 15) is 4.79 Å². The van der Waals surface area contributed by atoms with Crippen molar-refractivity contribution < 1.29 is 9.53 Å². The summed E-state index contributed by atoms with van der Waals surface area (Å²) in [5.74, 6) is 0.307. The van der Waals surface area contributed by atoms with Crippen LogP contribution in [-0.4, -0.2) is 12.5 Å². The summed E-state index contributed by atoms with van der Waals surface area (Å²) in [6.45, 7) is 5.97. The molecule has 0 spiro atoms. The molecule has 0 saturated carbocycles. The summed E-state index contributed by atoms with van der Waals surface area (Å²) in [5, 5.41) is 3.42. The van der Waals surface area contributed by atoms with Crippen molar-refractivity contribution in [2.45, 2.75) is 26.8 Å². The summed E-state index contributed by atoms with van der Waals surface area (Å²) in [6.07, 6.45) is 0. The number of carbonyl (C=O) groups is 1. The Balaban J connectivity index is 1.95. The zero-order chi connectivity index (χ0) is 17.0. The lowest BCUT2D eigenvalue weighted by atomic mass is 10.00. The molecule has 3 nitrogen and oxygen atoms in total. The molecule has 0 aromatic heterocycles. The van der Waals surface area contributed by atoms with Gasteiger partial charge < -0.3 is 10.1 Å². The number of rotatable bonds is 5. The molecule has 0 aliphatic carbocycles. The molecular weight excluding hydrogens is 378 g/mol. The Labute approximate surface area is 150 Å². The van der Waals surface area contributed by atoms with Crippen LogP contribution < -0.4 is 10.1 Å². The number of aryl methyl sites for hydroxylation is 2. The van der Waals surface area contributed by atoms with Gasteiger partial charge in [-0.25, -0.2) is 0 Å². The second kappa shape index (κ2) is 7.84. The van der Waals surface area contributed by atoms with Crippen molar-refractivity contribution in [3.05, 3.63) is 62.6 Å². The number of ether oxygens (including phenoxy) is 1. The molecule has 5 heteroatoms. The molecule has 0 saturated heterocycles. The van der Waals surface area contributed by atoms with Crippen molar-refractivity contribution in [3.8, 4) is 5.75 Å². The Kier molecular flexibility index (Phi) is 6.08. The fourth-order valence-electron chi connectivity index (χ4n) is 2.32.